The first-order valence-corrected chi connectivity index (χ1v) is 9.05. The van der Waals surface area contributed by atoms with E-state index in [1.165, 1.54) is 32.8 Å². The number of allylic oxidation sites excluding steroid dienone is 7. The van der Waals surface area contributed by atoms with Crippen LogP contribution in [0.4, 0.5) is 0 Å². The maximum Gasteiger partial charge on any atom is 0.308 e. The molecule has 0 spiro atoms. The smallest absolute Gasteiger partial charge is 0.308 e. The highest BCUT2D eigenvalue weighted by molar-refractivity contribution is 5.69. The van der Waals surface area contributed by atoms with E-state index in [1.54, 1.807) is 0 Å². The monoisotopic (exact) mass is 334 g/mol. The Morgan fingerprint density at radius 3 is 2.00 bits per heavy atom. The first kappa shape index (κ1) is 22.4. The van der Waals surface area contributed by atoms with Crippen LogP contribution in [-0.2, 0) is 9.53 Å². The molecule has 0 fully saturated rings. The van der Waals surface area contributed by atoms with E-state index in [-0.39, 0.29) is 12.4 Å². The second-order valence-electron chi connectivity index (χ2n) is 5.76. The largest absolute Gasteiger partial charge is 0.469 e. The number of aliphatic hydroxyl groups excluding tert-OH is 1. The average molecular weight is 335 g/mol. The molecule has 0 unspecified atom stereocenters. The Balaban J connectivity index is 3.56. The fraction of sp³-hybridized carbons (Fsp3) is 0.571. The predicted octanol–water partition coefficient (Wildman–Crippen LogP) is 5.28. The fourth-order valence-electron chi connectivity index (χ4n) is 2.06. The quantitative estimate of drug-likeness (QED) is 0.267. The molecule has 0 radical (unpaired) electrons. The number of ether oxygens (including phenoxy) is 1. The minimum Gasteiger partial charge on any atom is -0.469 e. The first-order valence-electron chi connectivity index (χ1n) is 9.05. The van der Waals surface area contributed by atoms with Crippen LogP contribution in [0.3, 0.4) is 0 Å². The van der Waals surface area contributed by atoms with Gasteiger partial charge in [-0.05, 0) is 38.5 Å². The molecule has 0 saturated carbocycles. The Morgan fingerprint density at radius 1 is 0.917 bits per heavy atom. The van der Waals surface area contributed by atoms with Crippen molar-refractivity contribution < 1.29 is 14.6 Å². The lowest BCUT2D eigenvalue weighted by molar-refractivity contribution is -0.142. The Morgan fingerprint density at radius 2 is 1.46 bits per heavy atom. The minimum absolute atomic E-state index is 0.0501. The van der Waals surface area contributed by atoms with Gasteiger partial charge in [-0.1, -0.05) is 68.4 Å². The molecule has 0 aliphatic carbocycles. The van der Waals surface area contributed by atoms with Crippen molar-refractivity contribution in [1.82, 2.24) is 0 Å². The van der Waals surface area contributed by atoms with Crippen LogP contribution in [0.2, 0.25) is 0 Å². The zero-order chi connectivity index (χ0) is 17.9. The summed E-state index contributed by atoms with van der Waals surface area (Å²) < 4.78 is 4.50. The van der Waals surface area contributed by atoms with Gasteiger partial charge in [-0.25, -0.2) is 0 Å². The number of rotatable bonds is 14. The third-order valence-corrected chi connectivity index (χ3v) is 3.50. The van der Waals surface area contributed by atoms with E-state index in [4.69, 9.17) is 0 Å². The molecule has 1 atom stereocenters. The number of esters is 1. The lowest BCUT2D eigenvalue weighted by atomic mass is 10.1. The van der Waals surface area contributed by atoms with Crippen molar-refractivity contribution in [2.24, 2.45) is 0 Å². The molecule has 0 saturated heterocycles. The molecule has 0 aliphatic rings. The van der Waals surface area contributed by atoms with Crippen LogP contribution in [0.15, 0.2) is 48.6 Å². The molecule has 0 rings (SSSR count). The molecule has 0 aromatic heterocycles. The highest BCUT2D eigenvalue weighted by atomic mass is 16.5. The number of hydrogen-bond acceptors (Lipinski definition) is 3. The van der Waals surface area contributed by atoms with Gasteiger partial charge in [-0.3, -0.25) is 4.79 Å². The molecule has 24 heavy (non-hydrogen) atoms. The second-order valence-corrected chi connectivity index (χ2v) is 5.76. The summed E-state index contributed by atoms with van der Waals surface area (Å²) in [6, 6.07) is 0. The maximum absolute atomic E-state index is 11.0. The SMILES string of the molecule is CCCCCC=CCC=CCC=CCC=CC[C@@H](O)CC(=O)OC. The summed E-state index contributed by atoms with van der Waals surface area (Å²) in [6.45, 7) is 2.23. The number of methoxy groups -OCH3 is 1. The van der Waals surface area contributed by atoms with Gasteiger partial charge in [-0.2, -0.15) is 0 Å². The highest BCUT2D eigenvalue weighted by Crippen LogP contribution is 2.02. The molecule has 0 aromatic carbocycles. The van der Waals surface area contributed by atoms with Gasteiger partial charge in [0.25, 0.3) is 0 Å². The molecule has 136 valence electrons. The number of carbonyl (C=O) groups excluding carboxylic acids is 1. The normalized spacial score (nSPS) is 13.6. The van der Waals surface area contributed by atoms with Crippen molar-refractivity contribution in [3.05, 3.63) is 48.6 Å². The maximum atomic E-state index is 11.0. The fourth-order valence-corrected chi connectivity index (χ4v) is 2.06. The van der Waals surface area contributed by atoms with E-state index in [9.17, 15) is 9.90 Å². The molecule has 0 aromatic rings. The van der Waals surface area contributed by atoms with Crippen LogP contribution in [-0.4, -0.2) is 24.3 Å². The molecule has 3 heteroatoms. The number of carbonyl (C=O) groups is 1. The summed E-state index contributed by atoms with van der Waals surface area (Å²) in [7, 11) is 1.33. The van der Waals surface area contributed by atoms with Crippen LogP contribution in [0, 0.1) is 0 Å². The molecule has 0 heterocycles. The Bertz CT molecular complexity index is 405. The summed E-state index contributed by atoms with van der Waals surface area (Å²) in [4.78, 5) is 11.0. The van der Waals surface area contributed by atoms with Gasteiger partial charge in [0, 0.05) is 0 Å². The number of unbranched alkanes of at least 4 members (excludes halogenated alkanes) is 3. The summed E-state index contributed by atoms with van der Waals surface area (Å²) in [6.07, 6.45) is 24.8. The summed E-state index contributed by atoms with van der Waals surface area (Å²) in [5.41, 5.74) is 0. The van der Waals surface area contributed by atoms with E-state index < -0.39 is 6.10 Å². The van der Waals surface area contributed by atoms with Crippen LogP contribution < -0.4 is 0 Å². The van der Waals surface area contributed by atoms with E-state index >= 15 is 0 Å². The van der Waals surface area contributed by atoms with Crippen LogP contribution >= 0.6 is 0 Å². The molecular weight excluding hydrogens is 300 g/mol. The Kier molecular flexibility index (Phi) is 16.5. The van der Waals surface area contributed by atoms with Gasteiger partial charge in [0.15, 0.2) is 0 Å². The summed E-state index contributed by atoms with van der Waals surface area (Å²) in [5.74, 6) is -0.376. The summed E-state index contributed by atoms with van der Waals surface area (Å²) in [5, 5.41) is 9.57. The van der Waals surface area contributed by atoms with E-state index in [0.717, 1.165) is 19.3 Å². The average Bonchev–Trinajstić information content (AvgIpc) is 2.58. The molecule has 0 amide bonds. The van der Waals surface area contributed by atoms with Gasteiger partial charge in [-0.15, -0.1) is 0 Å². The molecule has 3 nitrogen and oxygen atoms in total. The third kappa shape index (κ3) is 16.8. The van der Waals surface area contributed by atoms with Gasteiger partial charge >= 0.3 is 5.97 Å². The standard InChI is InChI=1S/C21H34O3/c1-3-4-5-6-7-8-9-10-11-12-13-14-15-16-17-18-20(22)19-21(23)24-2/h7-8,10-11,13-14,16-17,20,22H,3-6,9,12,15,18-19H2,1-2H3/t20-/m1/s1. The highest BCUT2D eigenvalue weighted by Gasteiger charge is 2.08. The van der Waals surface area contributed by atoms with Crippen LogP contribution in [0.1, 0.15) is 64.7 Å². The number of hydrogen-bond donors (Lipinski definition) is 1. The van der Waals surface area contributed by atoms with Crippen molar-refractivity contribution >= 4 is 5.97 Å². The molecule has 1 N–H and O–H groups in total. The van der Waals surface area contributed by atoms with E-state index in [1.807, 2.05) is 12.2 Å². The van der Waals surface area contributed by atoms with E-state index in [0.29, 0.717) is 6.42 Å². The summed E-state index contributed by atoms with van der Waals surface area (Å²) >= 11 is 0. The van der Waals surface area contributed by atoms with Gasteiger partial charge in [0.1, 0.15) is 0 Å². The van der Waals surface area contributed by atoms with Crippen molar-refractivity contribution in [3.63, 3.8) is 0 Å². The minimum atomic E-state index is -0.657. The Hall–Kier alpha value is -1.61. The second kappa shape index (κ2) is 17.7. The topological polar surface area (TPSA) is 46.5 Å². The van der Waals surface area contributed by atoms with Crippen LogP contribution in [0.25, 0.3) is 0 Å². The zero-order valence-corrected chi connectivity index (χ0v) is 15.3. The zero-order valence-electron chi connectivity index (χ0n) is 15.3. The number of aliphatic hydroxyl groups is 1. The van der Waals surface area contributed by atoms with Crippen LogP contribution in [0.5, 0.6) is 0 Å². The van der Waals surface area contributed by atoms with E-state index in [2.05, 4.69) is 48.1 Å². The predicted molar refractivity (Wildman–Crippen MR) is 102 cm³/mol. The van der Waals surface area contributed by atoms with Gasteiger partial charge in [0.2, 0.25) is 0 Å². The lowest BCUT2D eigenvalue weighted by Gasteiger charge is -2.04. The van der Waals surface area contributed by atoms with Crippen molar-refractivity contribution in [1.29, 1.82) is 0 Å². The van der Waals surface area contributed by atoms with Gasteiger partial charge < -0.3 is 9.84 Å². The third-order valence-electron chi connectivity index (χ3n) is 3.50. The lowest BCUT2D eigenvalue weighted by Crippen LogP contribution is -2.13. The molecule has 0 bridgehead atoms. The van der Waals surface area contributed by atoms with Crippen molar-refractivity contribution in [2.45, 2.75) is 70.8 Å². The molecular formula is C21H34O3. The van der Waals surface area contributed by atoms with Gasteiger partial charge in [0.05, 0.1) is 19.6 Å². The first-order chi connectivity index (χ1) is 11.7. The Labute approximate surface area is 147 Å². The van der Waals surface area contributed by atoms with Crippen molar-refractivity contribution in [3.8, 4) is 0 Å². The molecule has 0 aliphatic heterocycles. The van der Waals surface area contributed by atoms with Crippen molar-refractivity contribution in [2.75, 3.05) is 7.11 Å².